The highest BCUT2D eigenvalue weighted by molar-refractivity contribution is 6.33. The predicted molar refractivity (Wildman–Crippen MR) is 164 cm³/mol. The van der Waals surface area contributed by atoms with E-state index in [2.05, 4.69) is 0 Å². The van der Waals surface area contributed by atoms with Crippen LogP contribution in [0.15, 0.2) is 91.0 Å². The first kappa shape index (κ1) is 29.3. The fraction of sp³-hybridized carbons (Fsp3) is 0.286. The number of benzene rings is 4. The summed E-state index contributed by atoms with van der Waals surface area (Å²) in [5, 5.41) is 11.5. The number of halogens is 1. The van der Waals surface area contributed by atoms with Gasteiger partial charge in [0.15, 0.2) is 11.5 Å². The number of ether oxygens (including phenoxy) is 3. The number of phenolic OH excluding ortho intramolecular Hbond substituents is 1. The van der Waals surface area contributed by atoms with Gasteiger partial charge in [-0.25, -0.2) is 4.79 Å². The maximum absolute atomic E-state index is 13.2. The van der Waals surface area contributed by atoms with Crippen molar-refractivity contribution in [3.05, 3.63) is 124 Å². The third-order valence-corrected chi connectivity index (χ3v) is 7.56. The average Bonchev–Trinajstić information content (AvgIpc) is 3.17. The van der Waals surface area contributed by atoms with E-state index in [1.165, 1.54) is 0 Å². The van der Waals surface area contributed by atoms with Gasteiger partial charge in [0.1, 0.15) is 24.6 Å². The van der Waals surface area contributed by atoms with Gasteiger partial charge in [0.25, 0.3) is 0 Å². The van der Waals surface area contributed by atoms with Gasteiger partial charge in [-0.15, -0.1) is 0 Å². The van der Waals surface area contributed by atoms with Crippen LogP contribution in [0.1, 0.15) is 54.5 Å². The van der Waals surface area contributed by atoms with Crippen LogP contribution in [0.4, 0.5) is 4.79 Å². The van der Waals surface area contributed by atoms with E-state index >= 15 is 0 Å². The van der Waals surface area contributed by atoms with Crippen LogP contribution in [-0.4, -0.2) is 34.8 Å². The van der Waals surface area contributed by atoms with Crippen molar-refractivity contribution in [3.8, 4) is 17.2 Å². The van der Waals surface area contributed by atoms with Gasteiger partial charge in [-0.2, -0.15) is 0 Å². The molecule has 0 aliphatic carbocycles. The Bertz CT molecular complexity index is 1500. The van der Waals surface area contributed by atoms with Crippen LogP contribution in [0.5, 0.6) is 17.2 Å². The van der Waals surface area contributed by atoms with Gasteiger partial charge in [0.2, 0.25) is 0 Å². The minimum Gasteiger partial charge on any atom is -0.504 e. The Balaban J connectivity index is 1.45. The second-order valence-corrected chi connectivity index (χ2v) is 11.8. The van der Waals surface area contributed by atoms with Crippen molar-refractivity contribution in [1.82, 2.24) is 4.90 Å². The van der Waals surface area contributed by atoms with Crippen molar-refractivity contribution in [2.45, 2.75) is 51.9 Å². The smallest absolute Gasteiger partial charge is 0.410 e. The number of hydrogen-bond acceptors (Lipinski definition) is 5. The number of rotatable bonds is 7. The van der Waals surface area contributed by atoms with Gasteiger partial charge >= 0.3 is 6.09 Å². The zero-order valence-corrected chi connectivity index (χ0v) is 24.9. The molecule has 7 heteroatoms. The highest BCUT2D eigenvalue weighted by Gasteiger charge is 2.32. The Morgan fingerprint density at radius 3 is 2.10 bits per heavy atom. The molecule has 1 aliphatic rings. The van der Waals surface area contributed by atoms with E-state index in [9.17, 15) is 9.90 Å². The molecule has 1 amide bonds. The molecule has 6 nitrogen and oxygen atoms in total. The van der Waals surface area contributed by atoms with Crippen LogP contribution in [0, 0.1) is 0 Å². The topological polar surface area (TPSA) is 68.2 Å². The molecule has 0 saturated carbocycles. The van der Waals surface area contributed by atoms with E-state index in [1.54, 1.807) is 11.0 Å². The van der Waals surface area contributed by atoms with Gasteiger partial charge < -0.3 is 24.2 Å². The molecule has 5 rings (SSSR count). The molecule has 1 atom stereocenters. The molecule has 0 saturated heterocycles. The highest BCUT2D eigenvalue weighted by atomic mass is 35.5. The molecule has 0 fully saturated rings. The summed E-state index contributed by atoms with van der Waals surface area (Å²) in [6.45, 7) is 7.08. The summed E-state index contributed by atoms with van der Waals surface area (Å²) in [6.07, 6.45) is 0.105. The number of nitrogens with zero attached hydrogens (tertiary/aromatic N) is 1. The first-order chi connectivity index (χ1) is 20.2. The van der Waals surface area contributed by atoms with Crippen molar-refractivity contribution in [2.75, 3.05) is 13.1 Å². The van der Waals surface area contributed by atoms with E-state index in [4.69, 9.17) is 25.8 Å². The first-order valence-corrected chi connectivity index (χ1v) is 14.5. The lowest BCUT2D eigenvalue weighted by atomic mass is 9.87. The van der Waals surface area contributed by atoms with Crippen molar-refractivity contribution in [1.29, 1.82) is 0 Å². The molecule has 1 unspecified atom stereocenters. The molecule has 1 N–H and O–H groups in total. The average molecular weight is 586 g/mol. The molecule has 218 valence electrons. The summed E-state index contributed by atoms with van der Waals surface area (Å²) in [4.78, 5) is 14.9. The summed E-state index contributed by atoms with van der Waals surface area (Å²) in [5.41, 5.74) is 4.09. The summed E-state index contributed by atoms with van der Waals surface area (Å²) in [6, 6.07) is 29.3. The number of amides is 1. The lowest BCUT2D eigenvalue weighted by molar-refractivity contribution is 0.0251. The molecule has 1 heterocycles. The fourth-order valence-corrected chi connectivity index (χ4v) is 5.43. The number of fused-ring (bicyclic) bond motifs is 1. The minimum absolute atomic E-state index is 0.0341. The first-order valence-electron chi connectivity index (χ1n) is 14.1. The standard InChI is InChI=1S/C35H36ClNO5/c1-35(2,3)42-34(39)37-19-18-28-29(20-31(38)33(32(28)36)41-23-25-12-8-5-9-13-25)30(21-37)26-14-16-27(17-15-26)40-22-24-10-6-4-7-11-24/h4-17,20,30,38H,18-19,21-23H2,1-3H3. The van der Waals surface area contributed by atoms with Crippen molar-refractivity contribution in [2.24, 2.45) is 0 Å². The van der Waals surface area contributed by atoms with Gasteiger partial charge in [0.05, 0.1) is 5.02 Å². The fourth-order valence-electron chi connectivity index (χ4n) is 5.08. The Labute approximate surface area is 252 Å². The lowest BCUT2D eigenvalue weighted by Crippen LogP contribution is -2.39. The minimum atomic E-state index is -0.627. The zero-order valence-electron chi connectivity index (χ0n) is 24.2. The van der Waals surface area contributed by atoms with Crippen LogP contribution in [0.2, 0.25) is 5.02 Å². The summed E-state index contributed by atoms with van der Waals surface area (Å²) in [5.74, 6) is 0.692. The second-order valence-electron chi connectivity index (χ2n) is 11.5. The van der Waals surface area contributed by atoms with Crippen molar-refractivity contribution in [3.63, 3.8) is 0 Å². The predicted octanol–water partition coefficient (Wildman–Crippen LogP) is 8.13. The van der Waals surface area contributed by atoms with Crippen LogP contribution < -0.4 is 9.47 Å². The molecule has 0 bridgehead atoms. The molecule has 0 aromatic heterocycles. The van der Waals surface area contributed by atoms with E-state index in [1.807, 2.05) is 106 Å². The van der Waals surface area contributed by atoms with Gasteiger partial charge in [0, 0.05) is 19.0 Å². The summed E-state index contributed by atoms with van der Waals surface area (Å²) in [7, 11) is 0. The largest absolute Gasteiger partial charge is 0.504 e. The monoisotopic (exact) mass is 585 g/mol. The molecular weight excluding hydrogens is 550 g/mol. The van der Waals surface area contributed by atoms with Gasteiger partial charge in [-0.05, 0) is 73.2 Å². The van der Waals surface area contributed by atoms with E-state index in [-0.39, 0.29) is 30.1 Å². The normalized spacial score (nSPS) is 15.0. The number of aromatic hydroxyl groups is 1. The second kappa shape index (κ2) is 12.8. The number of hydrogen-bond donors (Lipinski definition) is 1. The third kappa shape index (κ3) is 7.18. The molecule has 42 heavy (non-hydrogen) atoms. The Morgan fingerprint density at radius 1 is 0.905 bits per heavy atom. The molecule has 4 aromatic rings. The molecule has 1 aliphatic heterocycles. The van der Waals surface area contributed by atoms with Crippen LogP contribution in [0.25, 0.3) is 0 Å². The molecule has 0 radical (unpaired) electrons. The summed E-state index contributed by atoms with van der Waals surface area (Å²) >= 11 is 6.94. The Morgan fingerprint density at radius 2 is 1.50 bits per heavy atom. The Hall–Kier alpha value is -4.16. The maximum Gasteiger partial charge on any atom is 0.410 e. The quantitative estimate of drug-likeness (QED) is 0.237. The summed E-state index contributed by atoms with van der Waals surface area (Å²) < 4.78 is 17.7. The van der Waals surface area contributed by atoms with Gasteiger partial charge in [-0.3, -0.25) is 0 Å². The van der Waals surface area contributed by atoms with E-state index in [0.29, 0.717) is 31.1 Å². The molecule has 4 aromatic carbocycles. The van der Waals surface area contributed by atoms with Crippen molar-refractivity contribution < 1.29 is 24.1 Å². The molecular formula is C35H36ClNO5. The molecule has 0 spiro atoms. The number of carbonyl (C=O) groups excluding carboxylic acids is 1. The van der Waals surface area contributed by atoms with Gasteiger partial charge in [-0.1, -0.05) is 84.4 Å². The van der Waals surface area contributed by atoms with E-state index in [0.717, 1.165) is 33.6 Å². The number of carbonyl (C=O) groups is 1. The van der Waals surface area contributed by atoms with E-state index < -0.39 is 5.60 Å². The third-order valence-electron chi connectivity index (χ3n) is 7.16. The number of phenols is 1. The van der Waals surface area contributed by atoms with Crippen LogP contribution >= 0.6 is 11.6 Å². The van der Waals surface area contributed by atoms with Crippen LogP contribution in [0.3, 0.4) is 0 Å². The highest BCUT2D eigenvalue weighted by Crippen LogP contribution is 2.45. The maximum atomic E-state index is 13.2. The van der Waals surface area contributed by atoms with Crippen molar-refractivity contribution >= 4 is 17.7 Å². The van der Waals surface area contributed by atoms with Crippen LogP contribution in [-0.2, 0) is 24.4 Å². The lowest BCUT2D eigenvalue weighted by Gasteiger charge is -2.29. The SMILES string of the molecule is CC(C)(C)OC(=O)N1CCc2c(cc(O)c(OCc3ccccc3)c2Cl)C(c2ccc(OCc3ccccc3)cc2)C1. The Kier molecular flexibility index (Phi) is 8.93. The zero-order chi connectivity index (χ0) is 29.7.